The van der Waals surface area contributed by atoms with Crippen molar-refractivity contribution in [2.24, 2.45) is 5.16 Å². The quantitative estimate of drug-likeness (QED) is 0.335. The van der Waals surface area contributed by atoms with Gasteiger partial charge in [-0.3, -0.25) is 19.8 Å². The third-order valence-electron chi connectivity index (χ3n) is 1.31. The largest absolute Gasteiger partial charge is 0.323 e. The summed E-state index contributed by atoms with van der Waals surface area (Å²) >= 11 is 0. The van der Waals surface area contributed by atoms with Crippen molar-refractivity contribution in [3.8, 4) is 0 Å². The maximum atomic E-state index is 10.7. The van der Waals surface area contributed by atoms with Crippen LogP contribution < -0.4 is 16.1 Å². The third-order valence-corrected chi connectivity index (χ3v) is 1.31. The van der Waals surface area contributed by atoms with Crippen LogP contribution in [-0.2, 0) is 14.5 Å². The van der Waals surface area contributed by atoms with Gasteiger partial charge in [0.2, 0.25) is 0 Å². The van der Waals surface area contributed by atoms with Gasteiger partial charge in [0.15, 0.2) is 12.0 Å². The minimum absolute atomic E-state index is 0.273. The molecule has 2 aliphatic heterocycles. The Morgan fingerprint density at radius 3 is 3.00 bits per heavy atom. The van der Waals surface area contributed by atoms with E-state index in [0.717, 1.165) is 0 Å². The van der Waals surface area contributed by atoms with Crippen LogP contribution in [0.1, 0.15) is 0 Å². The number of hydrogen-bond acceptors (Lipinski definition) is 5. The highest BCUT2D eigenvalue weighted by Gasteiger charge is 2.34. The fourth-order valence-electron chi connectivity index (χ4n) is 0.799. The summed E-state index contributed by atoms with van der Waals surface area (Å²) < 4.78 is 0. The number of hydroxylamine groups is 1. The predicted octanol–water partition coefficient (Wildman–Crippen LogP) is -2.59. The van der Waals surface area contributed by atoms with E-state index in [1.54, 1.807) is 0 Å². The molecular formula is C4H4N4O3. The molecule has 58 valence electrons. The summed E-state index contributed by atoms with van der Waals surface area (Å²) in [6.07, 6.45) is -0.528. The Morgan fingerprint density at radius 1 is 1.36 bits per heavy atom. The van der Waals surface area contributed by atoms with Crippen LogP contribution in [0, 0.1) is 0 Å². The number of nitrogens with zero attached hydrogens (tertiary/aromatic N) is 1. The van der Waals surface area contributed by atoms with Crippen molar-refractivity contribution in [2.45, 2.75) is 6.17 Å². The summed E-state index contributed by atoms with van der Waals surface area (Å²) in [5.41, 5.74) is 2.36. The van der Waals surface area contributed by atoms with E-state index in [1.807, 2.05) is 0 Å². The third kappa shape index (κ3) is 0.819. The summed E-state index contributed by atoms with van der Waals surface area (Å²) in [5.74, 6) is -1.16. The smallest absolute Gasteiger partial charge is 0.314 e. The first-order valence-electron chi connectivity index (χ1n) is 2.88. The summed E-state index contributed by atoms with van der Waals surface area (Å²) in [7, 11) is 0. The van der Waals surface area contributed by atoms with Gasteiger partial charge in [0.25, 0.3) is 0 Å². The average molecular weight is 156 g/mol. The zero-order valence-corrected chi connectivity index (χ0v) is 5.25. The Morgan fingerprint density at radius 2 is 2.18 bits per heavy atom. The zero-order valence-electron chi connectivity index (χ0n) is 5.25. The number of amides is 2. The highest BCUT2D eigenvalue weighted by atomic mass is 16.8. The Bertz CT molecular complexity index is 260. The summed E-state index contributed by atoms with van der Waals surface area (Å²) in [4.78, 5) is 25.7. The zero-order chi connectivity index (χ0) is 7.84. The molecule has 0 saturated carbocycles. The second-order valence-electron chi connectivity index (χ2n) is 2.05. The molecule has 0 spiro atoms. The van der Waals surface area contributed by atoms with Crippen LogP contribution in [0.2, 0.25) is 0 Å². The van der Waals surface area contributed by atoms with Gasteiger partial charge in [-0.25, -0.2) is 0 Å². The van der Waals surface area contributed by atoms with E-state index in [1.165, 1.54) is 0 Å². The fourth-order valence-corrected chi connectivity index (χ4v) is 0.799. The first-order chi connectivity index (χ1) is 5.27. The molecule has 0 aromatic rings. The number of oxime groups is 1. The molecule has 0 bridgehead atoms. The Hall–Kier alpha value is -1.63. The summed E-state index contributed by atoms with van der Waals surface area (Å²) in [6.45, 7) is 0. The number of hydrogen-bond donors (Lipinski definition) is 3. The van der Waals surface area contributed by atoms with E-state index < -0.39 is 18.0 Å². The summed E-state index contributed by atoms with van der Waals surface area (Å²) in [5, 5.41) is 7.95. The summed E-state index contributed by atoms with van der Waals surface area (Å²) in [6, 6.07) is 0. The highest BCUT2D eigenvalue weighted by Crippen LogP contribution is 1.97. The van der Waals surface area contributed by atoms with Crippen LogP contribution in [0.4, 0.5) is 0 Å². The number of carbonyl (C=O) groups excluding carboxylic acids is 2. The van der Waals surface area contributed by atoms with E-state index in [9.17, 15) is 9.59 Å². The first-order valence-corrected chi connectivity index (χ1v) is 2.88. The van der Waals surface area contributed by atoms with Crippen molar-refractivity contribution in [3.05, 3.63) is 0 Å². The van der Waals surface area contributed by atoms with Gasteiger partial charge in [-0.1, -0.05) is 5.48 Å². The number of rotatable bonds is 0. The molecule has 11 heavy (non-hydrogen) atoms. The van der Waals surface area contributed by atoms with Gasteiger partial charge in [0.05, 0.1) is 0 Å². The lowest BCUT2D eigenvalue weighted by Gasteiger charge is -2.17. The molecule has 1 fully saturated rings. The lowest BCUT2D eigenvalue weighted by Crippen LogP contribution is -2.61. The second kappa shape index (κ2) is 1.92. The van der Waals surface area contributed by atoms with Crippen LogP contribution in [0.15, 0.2) is 5.16 Å². The van der Waals surface area contributed by atoms with Crippen molar-refractivity contribution in [2.75, 3.05) is 0 Å². The van der Waals surface area contributed by atoms with Crippen LogP contribution in [0.5, 0.6) is 0 Å². The van der Waals surface area contributed by atoms with Crippen LogP contribution in [-0.4, -0.2) is 23.8 Å². The van der Waals surface area contributed by atoms with Crippen LogP contribution >= 0.6 is 0 Å². The van der Waals surface area contributed by atoms with E-state index in [-0.39, 0.29) is 5.84 Å². The monoisotopic (exact) mass is 156 g/mol. The molecule has 2 aliphatic rings. The maximum absolute atomic E-state index is 10.7. The predicted molar refractivity (Wildman–Crippen MR) is 31.7 cm³/mol. The minimum atomic E-state index is -0.729. The van der Waals surface area contributed by atoms with Gasteiger partial charge in [-0.15, -0.1) is 0 Å². The average Bonchev–Trinajstić information content (AvgIpc) is 2.36. The van der Waals surface area contributed by atoms with Crippen molar-refractivity contribution in [1.29, 1.82) is 0 Å². The molecule has 1 atom stereocenters. The van der Waals surface area contributed by atoms with E-state index >= 15 is 0 Å². The number of amidine groups is 1. The number of nitrogens with one attached hydrogen (secondary N) is 3. The molecule has 0 aromatic heterocycles. The standard InChI is InChI=1S/C4H4N4O3/c9-3-4(10)6-2-1(5-3)7-11-8-2/h1,7H,(H,5,9)(H,6,8,10)/t1-/m0/s1. The number of carbonyl (C=O) groups is 2. The maximum Gasteiger partial charge on any atom is 0.314 e. The fraction of sp³-hybridized carbons (Fsp3) is 0.250. The Kier molecular flexibility index (Phi) is 1.07. The number of fused-ring (bicyclic) bond motifs is 1. The van der Waals surface area contributed by atoms with E-state index in [2.05, 4.69) is 26.2 Å². The lowest BCUT2D eigenvalue weighted by atomic mass is 10.3. The van der Waals surface area contributed by atoms with E-state index in [4.69, 9.17) is 0 Å². The van der Waals surface area contributed by atoms with Crippen LogP contribution in [0.25, 0.3) is 0 Å². The number of piperazine rings is 1. The van der Waals surface area contributed by atoms with Crippen molar-refractivity contribution in [1.82, 2.24) is 16.1 Å². The molecule has 2 rings (SSSR count). The van der Waals surface area contributed by atoms with Gasteiger partial charge in [0, 0.05) is 0 Å². The molecule has 3 N–H and O–H groups in total. The topological polar surface area (TPSA) is 91.8 Å². The Labute approximate surface area is 60.7 Å². The first kappa shape index (κ1) is 6.10. The Balaban J connectivity index is 2.22. The minimum Gasteiger partial charge on any atom is -0.323 e. The molecule has 0 unspecified atom stereocenters. The van der Waals surface area contributed by atoms with Gasteiger partial charge >= 0.3 is 11.8 Å². The van der Waals surface area contributed by atoms with Gasteiger partial charge in [-0.2, -0.15) is 0 Å². The molecule has 2 heterocycles. The van der Waals surface area contributed by atoms with Gasteiger partial charge in [0.1, 0.15) is 0 Å². The molecular weight excluding hydrogens is 152 g/mol. The molecule has 0 aliphatic carbocycles. The molecule has 0 aromatic carbocycles. The van der Waals surface area contributed by atoms with Crippen molar-refractivity contribution >= 4 is 17.6 Å². The second-order valence-corrected chi connectivity index (χ2v) is 2.05. The normalized spacial score (nSPS) is 28.0. The molecule has 1 saturated heterocycles. The van der Waals surface area contributed by atoms with Crippen LogP contribution in [0.3, 0.4) is 0 Å². The molecule has 0 radical (unpaired) electrons. The van der Waals surface area contributed by atoms with Crippen molar-refractivity contribution < 1.29 is 14.5 Å². The van der Waals surface area contributed by atoms with Crippen molar-refractivity contribution in [3.63, 3.8) is 0 Å². The van der Waals surface area contributed by atoms with Gasteiger partial charge < -0.3 is 5.32 Å². The van der Waals surface area contributed by atoms with Gasteiger partial charge in [-0.05, 0) is 5.16 Å². The van der Waals surface area contributed by atoms with E-state index in [0.29, 0.717) is 0 Å². The molecule has 7 heteroatoms. The lowest BCUT2D eigenvalue weighted by molar-refractivity contribution is -0.139. The molecule has 2 amide bonds. The SMILES string of the molecule is O=C1NC2=NON[C@@H]2NC1=O. The molecule has 7 nitrogen and oxygen atoms in total. The highest BCUT2D eigenvalue weighted by molar-refractivity contribution is 6.40.